The summed E-state index contributed by atoms with van der Waals surface area (Å²) < 4.78 is 5.87. The molecule has 5 nitrogen and oxygen atoms in total. The number of aromatic nitrogens is 1. The van der Waals surface area contributed by atoms with Crippen molar-refractivity contribution in [2.24, 2.45) is 5.92 Å². The second-order valence-electron chi connectivity index (χ2n) is 5.66. The zero-order valence-corrected chi connectivity index (χ0v) is 13.6. The summed E-state index contributed by atoms with van der Waals surface area (Å²) in [5.74, 6) is 0.637. The van der Waals surface area contributed by atoms with Gasteiger partial charge in [0.25, 0.3) is 0 Å². The number of carbonyl (C=O) groups excluding carboxylic acids is 1. The van der Waals surface area contributed by atoms with Crippen molar-refractivity contribution in [3.63, 3.8) is 0 Å². The van der Waals surface area contributed by atoms with E-state index < -0.39 is 0 Å². The Morgan fingerprint density at radius 2 is 2.33 bits per heavy atom. The van der Waals surface area contributed by atoms with Crippen LogP contribution in [0, 0.1) is 5.92 Å². The first kappa shape index (κ1) is 16.2. The van der Waals surface area contributed by atoms with Crippen molar-refractivity contribution in [2.45, 2.75) is 51.7 Å². The number of hydrogen-bond acceptors (Lipinski definition) is 4. The molecule has 1 aromatic heterocycles. The van der Waals surface area contributed by atoms with Gasteiger partial charge in [-0.15, -0.1) is 11.3 Å². The summed E-state index contributed by atoms with van der Waals surface area (Å²) in [5, 5.41) is 8.53. The summed E-state index contributed by atoms with van der Waals surface area (Å²) >= 11 is 1.54. The lowest BCUT2D eigenvalue weighted by Gasteiger charge is -2.28. The largest absolute Gasteiger partial charge is 0.376 e. The van der Waals surface area contributed by atoms with Crippen molar-refractivity contribution >= 4 is 17.4 Å². The molecule has 2 N–H and O–H groups in total. The summed E-state index contributed by atoms with van der Waals surface area (Å²) in [5.41, 5.74) is 0. The average Bonchev–Trinajstić information content (AvgIpc) is 2.99. The number of ether oxygens (including phenoxy) is 1. The monoisotopic (exact) mass is 311 g/mol. The maximum atomic E-state index is 11.8. The number of carbonyl (C=O) groups is 1. The van der Waals surface area contributed by atoms with E-state index in [1.807, 2.05) is 12.3 Å². The molecule has 0 bridgehead atoms. The van der Waals surface area contributed by atoms with Gasteiger partial charge in [-0.1, -0.05) is 19.8 Å². The summed E-state index contributed by atoms with van der Waals surface area (Å²) in [6, 6.07) is -0.234. The quantitative estimate of drug-likeness (QED) is 0.794. The minimum Gasteiger partial charge on any atom is -0.376 e. The summed E-state index contributed by atoms with van der Waals surface area (Å²) in [4.78, 5) is 15.9. The van der Waals surface area contributed by atoms with Gasteiger partial charge in [0.05, 0.1) is 18.8 Å². The molecule has 0 spiro atoms. The Hall–Kier alpha value is -1.14. The number of urea groups is 1. The van der Waals surface area contributed by atoms with Gasteiger partial charge in [0.1, 0.15) is 5.01 Å². The second-order valence-corrected chi connectivity index (χ2v) is 6.59. The highest BCUT2D eigenvalue weighted by molar-refractivity contribution is 7.09. The van der Waals surface area contributed by atoms with Crippen LogP contribution in [-0.2, 0) is 4.74 Å². The van der Waals surface area contributed by atoms with Gasteiger partial charge in [0, 0.05) is 18.1 Å². The molecule has 1 aliphatic carbocycles. The van der Waals surface area contributed by atoms with Crippen LogP contribution in [0.3, 0.4) is 0 Å². The van der Waals surface area contributed by atoms with Crippen LogP contribution in [0.2, 0.25) is 0 Å². The Morgan fingerprint density at radius 1 is 1.52 bits per heavy atom. The highest BCUT2D eigenvalue weighted by Gasteiger charge is 2.21. The van der Waals surface area contributed by atoms with E-state index in [9.17, 15) is 4.79 Å². The zero-order valence-electron chi connectivity index (χ0n) is 12.8. The molecule has 0 saturated heterocycles. The van der Waals surface area contributed by atoms with E-state index in [-0.39, 0.29) is 12.1 Å². The van der Waals surface area contributed by atoms with Gasteiger partial charge in [-0.3, -0.25) is 0 Å². The lowest BCUT2D eigenvalue weighted by molar-refractivity contribution is -0.00244. The van der Waals surface area contributed by atoms with Crippen molar-refractivity contribution in [3.05, 3.63) is 16.6 Å². The molecule has 0 aliphatic heterocycles. The smallest absolute Gasteiger partial charge is 0.315 e. The molecule has 0 unspecified atom stereocenters. The third-order valence-corrected chi connectivity index (χ3v) is 4.88. The van der Waals surface area contributed by atoms with E-state index in [1.54, 1.807) is 17.5 Å². The van der Waals surface area contributed by atoms with Crippen LogP contribution in [0.25, 0.3) is 0 Å². The minimum absolute atomic E-state index is 0.0655. The van der Waals surface area contributed by atoms with E-state index in [1.165, 1.54) is 19.3 Å². The van der Waals surface area contributed by atoms with E-state index in [2.05, 4.69) is 22.5 Å². The molecule has 6 heteroatoms. The third-order valence-electron chi connectivity index (χ3n) is 3.92. The predicted octanol–water partition coefficient (Wildman–Crippen LogP) is 3.10. The van der Waals surface area contributed by atoms with E-state index in [0.29, 0.717) is 25.2 Å². The maximum absolute atomic E-state index is 11.8. The number of hydrogen-bond donors (Lipinski definition) is 2. The minimum atomic E-state index is -0.169. The van der Waals surface area contributed by atoms with Crippen LogP contribution in [0.1, 0.15) is 50.6 Å². The molecule has 1 aliphatic rings. The van der Waals surface area contributed by atoms with Crippen LogP contribution in [0.5, 0.6) is 0 Å². The van der Waals surface area contributed by atoms with E-state index >= 15 is 0 Å². The van der Waals surface area contributed by atoms with Crippen molar-refractivity contribution in [1.29, 1.82) is 0 Å². The third kappa shape index (κ3) is 5.28. The first-order valence-corrected chi connectivity index (χ1v) is 8.60. The molecule has 1 fully saturated rings. The second kappa shape index (κ2) is 8.34. The lowest BCUT2D eigenvalue weighted by atomic mass is 9.88. The van der Waals surface area contributed by atoms with Gasteiger partial charge in [-0.05, 0) is 25.7 Å². The number of thiazole rings is 1. The molecule has 118 valence electrons. The van der Waals surface area contributed by atoms with Crippen LogP contribution >= 0.6 is 11.3 Å². The Labute approximate surface area is 130 Å². The molecule has 21 heavy (non-hydrogen) atoms. The summed E-state index contributed by atoms with van der Waals surface area (Å²) in [6.07, 6.45) is 7.08. The molecular weight excluding hydrogens is 286 g/mol. The fraction of sp³-hybridized carbons (Fsp3) is 0.733. The van der Waals surface area contributed by atoms with Crippen LogP contribution in [-0.4, -0.2) is 30.3 Å². The van der Waals surface area contributed by atoms with E-state index in [4.69, 9.17) is 4.74 Å². The zero-order chi connectivity index (χ0) is 15.1. The maximum Gasteiger partial charge on any atom is 0.315 e. The van der Waals surface area contributed by atoms with Crippen molar-refractivity contribution < 1.29 is 9.53 Å². The van der Waals surface area contributed by atoms with Gasteiger partial charge >= 0.3 is 6.03 Å². The Morgan fingerprint density at radius 3 is 3.05 bits per heavy atom. The van der Waals surface area contributed by atoms with Gasteiger partial charge in [-0.25, -0.2) is 9.78 Å². The van der Waals surface area contributed by atoms with Crippen LogP contribution < -0.4 is 10.6 Å². The fourth-order valence-electron chi connectivity index (χ4n) is 2.66. The molecule has 0 radical (unpaired) electrons. The molecule has 1 heterocycles. The molecule has 1 aromatic rings. The molecule has 3 atom stereocenters. The van der Waals surface area contributed by atoms with E-state index in [0.717, 1.165) is 11.4 Å². The number of nitrogens with one attached hydrogen (secondary N) is 2. The highest BCUT2D eigenvalue weighted by atomic mass is 32.1. The lowest BCUT2D eigenvalue weighted by Crippen LogP contribution is -2.39. The van der Waals surface area contributed by atoms with Crippen LogP contribution in [0.4, 0.5) is 4.79 Å². The Balaban J connectivity index is 1.59. The van der Waals surface area contributed by atoms with Gasteiger partial charge in [-0.2, -0.15) is 0 Å². The number of rotatable bonds is 6. The van der Waals surface area contributed by atoms with Crippen molar-refractivity contribution in [3.8, 4) is 0 Å². The van der Waals surface area contributed by atoms with Crippen molar-refractivity contribution in [1.82, 2.24) is 15.6 Å². The average molecular weight is 311 g/mol. The Bertz CT molecular complexity index is 425. The first-order chi connectivity index (χ1) is 10.2. The summed E-state index contributed by atoms with van der Waals surface area (Å²) in [6.45, 7) is 5.30. The van der Waals surface area contributed by atoms with Gasteiger partial charge in [0.15, 0.2) is 0 Å². The highest BCUT2D eigenvalue weighted by Crippen LogP contribution is 2.25. The molecule has 2 rings (SSSR count). The SMILES string of the molecule is C[C@H](NC(=O)NCCO[C@H]1CCCC[C@@H]1C)c1nccs1. The van der Waals surface area contributed by atoms with Gasteiger partial charge < -0.3 is 15.4 Å². The van der Waals surface area contributed by atoms with Crippen LogP contribution in [0.15, 0.2) is 11.6 Å². The number of nitrogens with zero attached hydrogens (tertiary/aromatic N) is 1. The normalized spacial score (nSPS) is 23.5. The fourth-order valence-corrected chi connectivity index (χ4v) is 3.31. The molecule has 1 saturated carbocycles. The molecule has 2 amide bonds. The first-order valence-electron chi connectivity index (χ1n) is 7.72. The molecular formula is C15H25N3O2S. The predicted molar refractivity (Wildman–Crippen MR) is 84.4 cm³/mol. The van der Waals surface area contributed by atoms with Crippen molar-refractivity contribution in [2.75, 3.05) is 13.2 Å². The summed E-state index contributed by atoms with van der Waals surface area (Å²) in [7, 11) is 0. The Kier molecular flexibility index (Phi) is 6.45. The number of amides is 2. The standard InChI is InChI=1S/C15H25N3O2S/c1-11-5-3-4-6-13(11)20-9-7-17-15(19)18-12(2)14-16-8-10-21-14/h8,10-13H,3-7,9H2,1-2H3,(H2,17,18,19)/t11-,12-,13-/m0/s1. The topological polar surface area (TPSA) is 63.2 Å². The van der Waals surface area contributed by atoms with Gasteiger partial charge in [0.2, 0.25) is 0 Å². The molecule has 0 aromatic carbocycles.